The van der Waals surface area contributed by atoms with Gasteiger partial charge in [-0.1, -0.05) is 0 Å². The summed E-state index contributed by atoms with van der Waals surface area (Å²) in [4.78, 5) is 32.9. The summed E-state index contributed by atoms with van der Waals surface area (Å²) in [6.07, 6.45) is 0.521. The van der Waals surface area contributed by atoms with Crippen LogP contribution in [0.25, 0.3) is 11.3 Å². The number of carbonyl (C=O) groups excluding carboxylic acids is 2. The summed E-state index contributed by atoms with van der Waals surface area (Å²) in [6, 6.07) is 5.65. The number of aldehydes is 1. The number of nitro groups is 1. The number of furan rings is 1. The molecule has 0 aliphatic carbocycles. The second-order valence-corrected chi connectivity index (χ2v) is 4.24. The molecule has 0 aliphatic heterocycles. The van der Waals surface area contributed by atoms with Crippen LogP contribution in [0.15, 0.2) is 28.7 Å². The van der Waals surface area contributed by atoms with E-state index >= 15 is 0 Å². The Kier molecular flexibility index (Phi) is 3.84. The minimum Gasteiger partial charge on any atom is -0.465 e. The van der Waals surface area contributed by atoms with Crippen molar-refractivity contribution in [3.8, 4) is 11.3 Å². The molecule has 21 heavy (non-hydrogen) atoms. The Morgan fingerprint density at radius 2 is 2.10 bits per heavy atom. The Balaban J connectivity index is 2.66. The van der Waals surface area contributed by atoms with Crippen LogP contribution in [0.5, 0.6) is 0 Å². The third kappa shape index (κ3) is 2.66. The maximum absolute atomic E-state index is 11.7. The van der Waals surface area contributed by atoms with Gasteiger partial charge in [-0.15, -0.1) is 0 Å². The average Bonchev–Trinajstić information content (AvgIpc) is 2.95. The molecular weight excluding hydrogens is 278 g/mol. The van der Waals surface area contributed by atoms with E-state index in [2.05, 4.69) is 4.74 Å². The molecule has 0 radical (unpaired) electrons. The first-order valence-electron chi connectivity index (χ1n) is 5.90. The van der Waals surface area contributed by atoms with Gasteiger partial charge >= 0.3 is 5.97 Å². The summed E-state index contributed by atoms with van der Waals surface area (Å²) in [6.45, 7) is 1.47. The molecule has 1 aromatic heterocycles. The van der Waals surface area contributed by atoms with Crippen LogP contribution in [-0.4, -0.2) is 24.3 Å². The van der Waals surface area contributed by atoms with Crippen molar-refractivity contribution < 1.29 is 23.7 Å². The Labute approximate surface area is 119 Å². The summed E-state index contributed by atoms with van der Waals surface area (Å²) in [5.41, 5.74) is 0.376. The van der Waals surface area contributed by atoms with E-state index in [9.17, 15) is 19.7 Å². The molecule has 0 saturated carbocycles. The predicted molar refractivity (Wildman–Crippen MR) is 72.3 cm³/mol. The monoisotopic (exact) mass is 289 g/mol. The van der Waals surface area contributed by atoms with Gasteiger partial charge in [-0.25, -0.2) is 4.79 Å². The van der Waals surface area contributed by atoms with E-state index in [1.54, 1.807) is 0 Å². The second kappa shape index (κ2) is 5.58. The number of rotatable bonds is 4. The van der Waals surface area contributed by atoms with Gasteiger partial charge in [0.25, 0.3) is 5.69 Å². The van der Waals surface area contributed by atoms with Crippen LogP contribution in [0.3, 0.4) is 0 Å². The highest BCUT2D eigenvalue weighted by Crippen LogP contribution is 2.31. The summed E-state index contributed by atoms with van der Waals surface area (Å²) < 4.78 is 9.84. The van der Waals surface area contributed by atoms with E-state index in [0.29, 0.717) is 11.8 Å². The fourth-order valence-corrected chi connectivity index (χ4v) is 1.92. The lowest BCUT2D eigenvalue weighted by molar-refractivity contribution is -0.385. The minimum atomic E-state index is -0.681. The van der Waals surface area contributed by atoms with Gasteiger partial charge in [0.05, 0.1) is 17.6 Å². The van der Waals surface area contributed by atoms with Gasteiger partial charge in [0.15, 0.2) is 12.0 Å². The lowest BCUT2D eigenvalue weighted by atomic mass is 10.0. The predicted octanol–water partition coefficient (Wildman–Crippen LogP) is 2.76. The van der Waals surface area contributed by atoms with Gasteiger partial charge in [-0.2, -0.15) is 0 Å². The van der Waals surface area contributed by atoms with Crippen molar-refractivity contribution in [2.75, 3.05) is 7.11 Å². The van der Waals surface area contributed by atoms with Crippen LogP contribution >= 0.6 is 0 Å². The Morgan fingerprint density at radius 1 is 1.38 bits per heavy atom. The van der Waals surface area contributed by atoms with Crippen LogP contribution in [0.4, 0.5) is 5.69 Å². The summed E-state index contributed by atoms with van der Waals surface area (Å²) in [5.74, 6) is -0.335. The number of methoxy groups -OCH3 is 1. The fraction of sp³-hybridized carbons (Fsp3) is 0.143. The Morgan fingerprint density at radius 3 is 2.62 bits per heavy atom. The third-order valence-electron chi connectivity index (χ3n) is 3.01. The number of nitrogens with zero attached hydrogens (tertiary/aromatic N) is 1. The van der Waals surface area contributed by atoms with E-state index < -0.39 is 10.9 Å². The average molecular weight is 289 g/mol. The number of hydrogen-bond donors (Lipinski definition) is 0. The molecule has 108 valence electrons. The number of hydrogen-bond acceptors (Lipinski definition) is 6. The highest BCUT2D eigenvalue weighted by molar-refractivity contribution is 5.94. The van der Waals surface area contributed by atoms with Crippen molar-refractivity contribution in [2.45, 2.75) is 6.92 Å². The Bertz CT molecular complexity index is 731. The highest BCUT2D eigenvalue weighted by atomic mass is 16.6. The van der Waals surface area contributed by atoms with Crippen LogP contribution in [-0.2, 0) is 4.74 Å². The van der Waals surface area contributed by atoms with Crippen molar-refractivity contribution in [2.24, 2.45) is 0 Å². The molecule has 7 heteroatoms. The summed E-state index contributed by atoms with van der Waals surface area (Å²) in [7, 11) is 1.19. The molecule has 7 nitrogen and oxygen atoms in total. The molecule has 1 aromatic carbocycles. The first kappa shape index (κ1) is 14.4. The summed E-state index contributed by atoms with van der Waals surface area (Å²) >= 11 is 0. The quantitative estimate of drug-likeness (QED) is 0.371. The van der Waals surface area contributed by atoms with Gasteiger partial charge < -0.3 is 9.15 Å². The van der Waals surface area contributed by atoms with Crippen LogP contribution in [0.2, 0.25) is 0 Å². The minimum absolute atomic E-state index is 0.0748. The van der Waals surface area contributed by atoms with E-state index in [0.717, 1.165) is 0 Å². The lowest BCUT2D eigenvalue weighted by Gasteiger charge is -2.07. The van der Waals surface area contributed by atoms with Crippen molar-refractivity contribution in [3.63, 3.8) is 0 Å². The first-order chi connectivity index (χ1) is 9.97. The SMILES string of the molecule is COC(=O)c1cc(-c2ccc(C=O)o2)cc([N+](=O)[O-])c1C. The fourth-order valence-electron chi connectivity index (χ4n) is 1.92. The van der Waals surface area contributed by atoms with Gasteiger partial charge in [-0.3, -0.25) is 14.9 Å². The molecule has 0 bridgehead atoms. The molecule has 2 aromatic rings. The number of ether oxygens (including phenoxy) is 1. The lowest BCUT2D eigenvalue weighted by Crippen LogP contribution is -2.06. The highest BCUT2D eigenvalue weighted by Gasteiger charge is 2.22. The number of benzene rings is 1. The topological polar surface area (TPSA) is 99.7 Å². The van der Waals surface area contributed by atoms with E-state index in [1.807, 2.05) is 0 Å². The van der Waals surface area contributed by atoms with E-state index in [1.165, 1.54) is 38.3 Å². The van der Waals surface area contributed by atoms with Gasteiger partial charge in [0, 0.05) is 17.2 Å². The summed E-state index contributed by atoms with van der Waals surface area (Å²) in [5, 5.41) is 11.1. The Hall–Kier alpha value is -2.96. The molecule has 2 rings (SSSR count). The van der Waals surface area contributed by atoms with E-state index in [-0.39, 0.29) is 28.3 Å². The van der Waals surface area contributed by atoms with Crippen molar-refractivity contribution in [1.29, 1.82) is 0 Å². The standard InChI is InChI=1S/C14H11NO6/c1-8-11(14(17)20-2)5-9(6-12(8)15(18)19)13-4-3-10(7-16)21-13/h3-7H,1-2H3. The van der Waals surface area contributed by atoms with Crippen LogP contribution in [0.1, 0.15) is 26.5 Å². The zero-order valence-electron chi connectivity index (χ0n) is 11.3. The molecule has 0 unspecified atom stereocenters. The van der Waals surface area contributed by atoms with Gasteiger partial charge in [-0.05, 0) is 25.1 Å². The molecular formula is C14H11NO6. The van der Waals surface area contributed by atoms with Crippen molar-refractivity contribution in [3.05, 3.63) is 51.3 Å². The largest absolute Gasteiger partial charge is 0.465 e. The normalized spacial score (nSPS) is 10.2. The molecule has 1 heterocycles. The van der Waals surface area contributed by atoms with Crippen molar-refractivity contribution >= 4 is 17.9 Å². The molecule has 0 spiro atoms. The molecule has 0 aliphatic rings. The number of nitro benzene ring substituents is 1. The number of carbonyl (C=O) groups is 2. The number of esters is 1. The zero-order valence-corrected chi connectivity index (χ0v) is 11.3. The smallest absolute Gasteiger partial charge is 0.338 e. The third-order valence-corrected chi connectivity index (χ3v) is 3.01. The van der Waals surface area contributed by atoms with Crippen molar-refractivity contribution in [1.82, 2.24) is 0 Å². The van der Waals surface area contributed by atoms with Crippen LogP contribution in [0, 0.1) is 17.0 Å². The second-order valence-electron chi connectivity index (χ2n) is 4.24. The van der Waals surface area contributed by atoms with E-state index in [4.69, 9.17) is 4.42 Å². The molecule has 0 fully saturated rings. The molecule has 0 atom stereocenters. The first-order valence-corrected chi connectivity index (χ1v) is 5.90. The molecule has 0 saturated heterocycles. The van der Waals surface area contributed by atoms with Crippen LogP contribution < -0.4 is 0 Å². The maximum atomic E-state index is 11.7. The zero-order chi connectivity index (χ0) is 15.6. The maximum Gasteiger partial charge on any atom is 0.338 e. The van der Waals surface area contributed by atoms with Gasteiger partial charge in [0.2, 0.25) is 0 Å². The molecule has 0 N–H and O–H groups in total. The molecule has 0 amide bonds. The van der Waals surface area contributed by atoms with Gasteiger partial charge in [0.1, 0.15) is 5.76 Å².